The molecule has 7 rings (SSSR count). The summed E-state index contributed by atoms with van der Waals surface area (Å²) in [6.45, 7) is 7.18. The molecule has 0 radical (unpaired) electrons. The zero-order valence-electron chi connectivity index (χ0n) is 35.2. The van der Waals surface area contributed by atoms with Gasteiger partial charge in [0.05, 0.1) is 88.6 Å². The van der Waals surface area contributed by atoms with Crippen molar-refractivity contribution in [1.82, 2.24) is 34.4 Å². The molecule has 2 aromatic heterocycles. The van der Waals surface area contributed by atoms with Gasteiger partial charge >= 0.3 is 0 Å². The van der Waals surface area contributed by atoms with E-state index in [-0.39, 0.29) is 69.5 Å². The van der Waals surface area contributed by atoms with Crippen molar-refractivity contribution in [3.8, 4) is 22.4 Å². The van der Waals surface area contributed by atoms with Gasteiger partial charge in [0.1, 0.15) is 6.54 Å². The Kier molecular flexibility index (Phi) is 12.2. The average molecular weight is 849 g/mol. The number of benzene rings is 2. The van der Waals surface area contributed by atoms with Crippen molar-refractivity contribution in [1.29, 1.82) is 0 Å². The lowest BCUT2D eigenvalue weighted by molar-refractivity contribution is -0.896. The molecule has 3 fully saturated rings. The van der Waals surface area contributed by atoms with Crippen molar-refractivity contribution < 1.29 is 36.9 Å². The number of imidazole rings is 1. The molecule has 320 valence electrons. The first-order chi connectivity index (χ1) is 28.4. The predicted molar refractivity (Wildman–Crippen MR) is 224 cm³/mol. The van der Waals surface area contributed by atoms with Gasteiger partial charge in [-0.25, -0.2) is 13.8 Å². The number of piperazine rings is 1. The molecule has 14 nitrogen and oxygen atoms in total. The van der Waals surface area contributed by atoms with Gasteiger partial charge in [-0.2, -0.15) is 5.10 Å². The van der Waals surface area contributed by atoms with Crippen molar-refractivity contribution in [3.63, 3.8) is 0 Å². The van der Waals surface area contributed by atoms with E-state index in [1.807, 2.05) is 4.90 Å². The number of likely N-dealkylation sites (N-methyl/N-ethyl adjacent to an activating group) is 1. The summed E-state index contributed by atoms with van der Waals surface area (Å²) >= 11 is 6.57. The summed E-state index contributed by atoms with van der Waals surface area (Å²) in [5.74, 6) is -3.19. The van der Waals surface area contributed by atoms with Crippen molar-refractivity contribution in [2.75, 3.05) is 85.9 Å². The lowest BCUT2D eigenvalue weighted by atomic mass is 9.94. The summed E-state index contributed by atoms with van der Waals surface area (Å²) in [5.41, 5.74) is 1.42. The number of quaternary nitrogens is 2. The molecule has 17 heteroatoms. The molecule has 0 saturated carbocycles. The molecule has 0 aliphatic carbocycles. The second kappa shape index (κ2) is 17.1. The van der Waals surface area contributed by atoms with Crippen LogP contribution in [-0.4, -0.2) is 148 Å². The van der Waals surface area contributed by atoms with Gasteiger partial charge in [0.15, 0.2) is 17.5 Å². The maximum atomic E-state index is 15.8. The number of piperidine rings is 2. The Morgan fingerprint density at radius 3 is 2.22 bits per heavy atom. The number of amides is 4. The number of likely N-dealkylation sites (tertiary alicyclic amines) is 2. The Morgan fingerprint density at radius 1 is 0.867 bits per heavy atom. The van der Waals surface area contributed by atoms with E-state index in [1.165, 1.54) is 46.9 Å². The highest BCUT2D eigenvalue weighted by molar-refractivity contribution is 6.34. The van der Waals surface area contributed by atoms with E-state index in [1.54, 1.807) is 24.0 Å². The molecule has 4 aromatic rings. The van der Waals surface area contributed by atoms with E-state index >= 15 is 8.78 Å². The zero-order valence-corrected chi connectivity index (χ0v) is 36.0. The zero-order chi connectivity index (χ0) is 43.1. The van der Waals surface area contributed by atoms with Gasteiger partial charge in [-0.05, 0) is 44.0 Å². The fourth-order valence-corrected chi connectivity index (χ4v) is 9.06. The first kappa shape index (κ1) is 42.9. The number of carbonyl (C=O) groups is 4. The van der Waals surface area contributed by atoms with Crippen LogP contribution in [0.2, 0.25) is 5.02 Å². The summed E-state index contributed by atoms with van der Waals surface area (Å²) < 4.78 is 36.1. The van der Waals surface area contributed by atoms with Gasteiger partial charge in [-0.3, -0.25) is 23.9 Å². The summed E-state index contributed by atoms with van der Waals surface area (Å²) in [6, 6.07) is 7.50. The van der Waals surface area contributed by atoms with Gasteiger partial charge in [0.25, 0.3) is 11.8 Å². The first-order valence-electron chi connectivity index (χ1n) is 20.6. The number of halogens is 3. The summed E-state index contributed by atoms with van der Waals surface area (Å²) in [7, 11) is 10.2. The van der Waals surface area contributed by atoms with Crippen LogP contribution in [0, 0.1) is 24.5 Å². The van der Waals surface area contributed by atoms with Crippen LogP contribution >= 0.6 is 11.6 Å². The second-order valence-electron chi connectivity index (χ2n) is 17.8. The van der Waals surface area contributed by atoms with Crippen molar-refractivity contribution in [2.45, 2.75) is 45.2 Å². The normalized spacial score (nSPS) is 19.2. The number of hydrogen-bond donors (Lipinski definition) is 2. The van der Waals surface area contributed by atoms with E-state index in [0.717, 1.165) is 60.8 Å². The van der Waals surface area contributed by atoms with Crippen molar-refractivity contribution in [3.05, 3.63) is 76.5 Å². The van der Waals surface area contributed by atoms with Crippen molar-refractivity contribution in [2.24, 2.45) is 13.0 Å². The largest absolute Gasteiger partial charge is 0.346 e. The topological polar surface area (TPSA) is 134 Å². The van der Waals surface area contributed by atoms with Gasteiger partial charge < -0.3 is 34.0 Å². The molecule has 5 heterocycles. The first-order valence-corrected chi connectivity index (χ1v) is 20.9. The molecule has 1 atom stereocenters. The molecule has 0 spiro atoms. The number of carbonyl (C=O) groups excluding carboxylic acids is 4. The van der Waals surface area contributed by atoms with Crippen LogP contribution in [0.25, 0.3) is 22.4 Å². The average Bonchev–Trinajstić information content (AvgIpc) is 3.75. The minimum atomic E-state index is -1.13. The standard InChI is InChI=1S/C43H53ClF2N10O4/c1-27-34(24-54(50-27)25-37(57)48-30-8-7-19-56(5,6)26-30)31-11-12-33(39(46)38(31)45)36-23-47-40(51(36)2)41(58)49-29-9-10-32(35(44)22-29)43(60)53-17-15-52(16-18-53)42(59)28-13-20-55(3,4)21-14-28/h9-12,22-24,28,30H,7-8,13-21,25-26H2,1-6H3/p+2. The summed E-state index contributed by atoms with van der Waals surface area (Å²) in [4.78, 5) is 60.6. The Hall–Kier alpha value is -5.19. The number of anilines is 1. The van der Waals surface area contributed by atoms with Gasteiger partial charge in [0.2, 0.25) is 11.8 Å². The second-order valence-corrected chi connectivity index (χ2v) is 18.2. The molecule has 0 bridgehead atoms. The fourth-order valence-electron chi connectivity index (χ4n) is 8.80. The smallest absolute Gasteiger partial charge is 0.291 e. The third-order valence-electron chi connectivity index (χ3n) is 12.3. The summed E-state index contributed by atoms with van der Waals surface area (Å²) in [5, 5.41) is 10.4. The van der Waals surface area contributed by atoms with E-state index in [2.05, 4.69) is 48.9 Å². The number of aryl methyl sites for hydroxylation is 1. The number of nitrogens with one attached hydrogen (secondary N) is 2. The molecular formula is C43H55ClF2N10O4+2. The third-order valence-corrected chi connectivity index (χ3v) is 12.7. The molecule has 4 amide bonds. The highest BCUT2D eigenvalue weighted by Gasteiger charge is 2.35. The molecule has 2 aromatic carbocycles. The van der Waals surface area contributed by atoms with Gasteiger partial charge in [-0.15, -0.1) is 0 Å². The fraction of sp³-hybridized carbons (Fsp3) is 0.488. The van der Waals surface area contributed by atoms with Crippen molar-refractivity contribution >= 4 is 40.9 Å². The van der Waals surface area contributed by atoms with Gasteiger partial charge in [0, 0.05) is 80.6 Å². The molecule has 1 unspecified atom stereocenters. The van der Waals surface area contributed by atoms with Crippen LogP contribution in [0.4, 0.5) is 14.5 Å². The minimum absolute atomic E-state index is 0.0125. The predicted octanol–water partition coefficient (Wildman–Crippen LogP) is 4.57. The van der Waals surface area contributed by atoms with Crippen LogP contribution in [0.1, 0.15) is 52.4 Å². The molecule has 60 heavy (non-hydrogen) atoms. The monoisotopic (exact) mass is 848 g/mol. The number of nitrogens with zero attached hydrogens (tertiary/aromatic N) is 8. The van der Waals surface area contributed by atoms with Crippen LogP contribution in [0.15, 0.2) is 42.7 Å². The van der Waals surface area contributed by atoms with Crippen LogP contribution in [0.5, 0.6) is 0 Å². The van der Waals surface area contributed by atoms with Crippen LogP contribution < -0.4 is 10.6 Å². The van der Waals surface area contributed by atoms with E-state index in [4.69, 9.17) is 11.6 Å². The Bertz CT molecular complexity index is 2310. The molecule has 3 aliphatic heterocycles. The SMILES string of the molecule is Cc1nn(CC(=O)NC2CCC[N+](C)(C)C2)cc1-c1ccc(-c2cnc(C(=O)Nc3ccc(C(=O)N4CCN(C(=O)C5CC[N+](C)(C)CC5)CC4)c(Cl)c3)n2C)c(F)c1F. The number of hydrogen-bond acceptors (Lipinski definition) is 6. The molecule has 3 saturated heterocycles. The lowest BCUT2D eigenvalue weighted by Crippen LogP contribution is -2.55. The molecular weight excluding hydrogens is 794 g/mol. The Morgan fingerprint density at radius 2 is 1.53 bits per heavy atom. The van der Waals surface area contributed by atoms with E-state index in [9.17, 15) is 19.2 Å². The number of rotatable bonds is 9. The maximum absolute atomic E-state index is 15.8. The highest BCUT2D eigenvalue weighted by atomic mass is 35.5. The highest BCUT2D eigenvalue weighted by Crippen LogP contribution is 2.33. The Balaban J connectivity index is 0.963. The minimum Gasteiger partial charge on any atom is -0.346 e. The van der Waals surface area contributed by atoms with Crippen LogP contribution in [-0.2, 0) is 23.2 Å². The van der Waals surface area contributed by atoms with E-state index in [0.29, 0.717) is 43.1 Å². The Labute approximate surface area is 354 Å². The summed E-state index contributed by atoms with van der Waals surface area (Å²) in [6.07, 6.45) is 6.50. The molecule has 3 aliphatic rings. The lowest BCUT2D eigenvalue weighted by Gasteiger charge is -2.40. The van der Waals surface area contributed by atoms with E-state index < -0.39 is 17.5 Å². The molecule has 2 N–H and O–H groups in total. The number of aromatic nitrogens is 4. The maximum Gasteiger partial charge on any atom is 0.291 e. The quantitative estimate of drug-likeness (QED) is 0.237. The van der Waals surface area contributed by atoms with Gasteiger partial charge in [-0.1, -0.05) is 17.7 Å². The third kappa shape index (κ3) is 9.25. The van der Waals surface area contributed by atoms with Crippen LogP contribution in [0.3, 0.4) is 0 Å².